The number of benzene rings is 1. The van der Waals surface area contributed by atoms with Crippen LogP contribution in [0.25, 0.3) is 0 Å². The molecule has 156 valence electrons. The van der Waals surface area contributed by atoms with Gasteiger partial charge in [-0.3, -0.25) is 9.59 Å². The summed E-state index contributed by atoms with van der Waals surface area (Å²) in [6, 6.07) is 5.83. The molecular formula is C19H31N4O4S+. The molecule has 1 unspecified atom stereocenters. The largest absolute Gasteiger partial charge is 0.349 e. The first kappa shape index (κ1) is 22.3. The van der Waals surface area contributed by atoms with E-state index in [2.05, 4.69) is 10.6 Å². The van der Waals surface area contributed by atoms with Crippen molar-refractivity contribution in [1.82, 2.24) is 9.62 Å². The van der Waals surface area contributed by atoms with Gasteiger partial charge in [-0.2, -0.15) is 4.31 Å². The predicted molar refractivity (Wildman–Crippen MR) is 108 cm³/mol. The van der Waals surface area contributed by atoms with Gasteiger partial charge in [-0.05, 0) is 57.9 Å². The van der Waals surface area contributed by atoms with Gasteiger partial charge in [0.1, 0.15) is 0 Å². The Hall–Kier alpha value is -1.97. The summed E-state index contributed by atoms with van der Waals surface area (Å²) < 4.78 is 26.6. The third-order valence-electron chi connectivity index (χ3n) is 4.85. The molecule has 0 aliphatic carbocycles. The topological polar surface area (TPSA) is 100 Å². The molecule has 2 rings (SSSR count). The molecule has 2 amide bonds. The summed E-state index contributed by atoms with van der Waals surface area (Å²) in [6.07, 6.45) is 1.77. The Bertz CT molecular complexity index is 787. The van der Waals surface area contributed by atoms with Gasteiger partial charge in [0.25, 0.3) is 11.8 Å². The molecule has 8 nitrogen and oxygen atoms in total. The Kier molecular flexibility index (Phi) is 7.56. The SMILES string of the molecule is CC(C)NC(=O)C[NH+](C)[C@H](C)C(=O)Nc1ccc(S(=O)(=O)N2CCCC2)cc1. The molecule has 1 aliphatic rings. The summed E-state index contributed by atoms with van der Waals surface area (Å²) in [5.74, 6) is -0.339. The van der Waals surface area contributed by atoms with Gasteiger partial charge in [0, 0.05) is 24.8 Å². The van der Waals surface area contributed by atoms with Crippen LogP contribution in [-0.4, -0.2) is 63.3 Å². The number of carbonyl (C=O) groups is 2. The quantitative estimate of drug-likeness (QED) is 0.553. The summed E-state index contributed by atoms with van der Waals surface area (Å²) in [5.41, 5.74) is 0.525. The Morgan fingerprint density at radius 1 is 1.11 bits per heavy atom. The highest BCUT2D eigenvalue weighted by Gasteiger charge is 2.27. The molecule has 0 radical (unpaired) electrons. The number of nitrogens with zero attached hydrogens (tertiary/aromatic N) is 1. The number of rotatable bonds is 8. The smallest absolute Gasteiger partial charge is 0.282 e. The molecule has 1 fully saturated rings. The van der Waals surface area contributed by atoms with E-state index in [1.807, 2.05) is 13.8 Å². The van der Waals surface area contributed by atoms with E-state index in [0.29, 0.717) is 18.8 Å². The molecule has 1 saturated heterocycles. The molecule has 1 aliphatic heterocycles. The number of likely N-dealkylation sites (N-methyl/N-ethyl adjacent to an activating group) is 1. The number of quaternary nitrogens is 1. The van der Waals surface area contributed by atoms with Gasteiger partial charge in [0.05, 0.1) is 11.9 Å². The molecule has 2 atom stereocenters. The van der Waals surface area contributed by atoms with Crippen LogP contribution in [0, 0.1) is 0 Å². The number of carbonyl (C=O) groups excluding carboxylic acids is 2. The van der Waals surface area contributed by atoms with E-state index in [-0.39, 0.29) is 29.3 Å². The predicted octanol–water partition coefficient (Wildman–Crippen LogP) is -0.163. The highest BCUT2D eigenvalue weighted by molar-refractivity contribution is 7.89. The molecule has 3 N–H and O–H groups in total. The molecule has 9 heteroatoms. The van der Waals surface area contributed by atoms with Gasteiger partial charge in [0.15, 0.2) is 12.6 Å². The van der Waals surface area contributed by atoms with Crippen LogP contribution in [0.1, 0.15) is 33.6 Å². The molecule has 0 spiro atoms. The molecule has 1 aromatic rings. The molecule has 0 saturated carbocycles. The van der Waals surface area contributed by atoms with Gasteiger partial charge < -0.3 is 15.5 Å². The monoisotopic (exact) mass is 411 g/mol. The van der Waals surface area contributed by atoms with Gasteiger partial charge in [-0.1, -0.05) is 0 Å². The zero-order valence-corrected chi connectivity index (χ0v) is 17.8. The number of anilines is 1. The lowest BCUT2D eigenvalue weighted by atomic mass is 10.2. The van der Waals surface area contributed by atoms with E-state index >= 15 is 0 Å². The Balaban J connectivity index is 1.95. The fourth-order valence-electron chi connectivity index (χ4n) is 3.04. The first-order valence-electron chi connectivity index (χ1n) is 9.64. The lowest BCUT2D eigenvalue weighted by Crippen LogP contribution is -3.15. The maximum atomic E-state index is 12.5. The molecule has 0 bridgehead atoms. The summed E-state index contributed by atoms with van der Waals surface area (Å²) in [4.78, 5) is 25.3. The van der Waals surface area contributed by atoms with E-state index < -0.39 is 16.1 Å². The summed E-state index contributed by atoms with van der Waals surface area (Å²) in [7, 11) is -1.68. The Labute approximate surface area is 167 Å². The van der Waals surface area contributed by atoms with Gasteiger partial charge in [0.2, 0.25) is 10.0 Å². The minimum Gasteiger partial charge on any atom is -0.349 e. The van der Waals surface area contributed by atoms with Crippen LogP contribution in [0.5, 0.6) is 0 Å². The van der Waals surface area contributed by atoms with Crippen molar-refractivity contribution in [2.75, 3.05) is 32.0 Å². The summed E-state index contributed by atoms with van der Waals surface area (Å²) in [5, 5.41) is 5.59. The van der Waals surface area contributed by atoms with E-state index in [4.69, 9.17) is 0 Å². The van der Waals surface area contributed by atoms with Gasteiger partial charge in [-0.25, -0.2) is 8.42 Å². The summed E-state index contributed by atoms with van der Waals surface area (Å²) in [6.45, 7) is 6.82. The van der Waals surface area contributed by atoms with Crippen molar-refractivity contribution in [2.24, 2.45) is 0 Å². The molecule has 28 heavy (non-hydrogen) atoms. The molecule has 0 aromatic heterocycles. The van der Waals surface area contributed by atoms with Crippen LogP contribution < -0.4 is 15.5 Å². The maximum Gasteiger partial charge on any atom is 0.282 e. The lowest BCUT2D eigenvalue weighted by molar-refractivity contribution is -0.885. The van der Waals surface area contributed by atoms with Crippen LogP contribution in [0.15, 0.2) is 29.2 Å². The normalized spacial score (nSPS) is 17.3. The number of hydrogen-bond donors (Lipinski definition) is 3. The fourth-order valence-corrected chi connectivity index (χ4v) is 4.56. The highest BCUT2D eigenvalue weighted by atomic mass is 32.2. The highest BCUT2D eigenvalue weighted by Crippen LogP contribution is 2.22. The van der Waals surface area contributed by atoms with E-state index in [9.17, 15) is 18.0 Å². The van der Waals surface area contributed by atoms with Crippen LogP contribution in [0.4, 0.5) is 5.69 Å². The molecule has 1 aromatic carbocycles. The van der Waals surface area contributed by atoms with Crippen molar-refractivity contribution in [1.29, 1.82) is 0 Å². The van der Waals surface area contributed by atoms with E-state index in [1.165, 1.54) is 16.4 Å². The van der Waals surface area contributed by atoms with Gasteiger partial charge >= 0.3 is 0 Å². The Morgan fingerprint density at radius 2 is 1.68 bits per heavy atom. The number of amides is 2. The van der Waals surface area contributed by atoms with Crippen LogP contribution in [-0.2, 0) is 19.6 Å². The second-order valence-electron chi connectivity index (χ2n) is 7.59. The zero-order chi connectivity index (χ0) is 20.9. The minimum atomic E-state index is -3.47. The number of nitrogens with one attached hydrogen (secondary N) is 3. The van der Waals surface area contributed by atoms with E-state index in [1.54, 1.807) is 26.1 Å². The first-order chi connectivity index (χ1) is 13.1. The van der Waals surface area contributed by atoms with Gasteiger partial charge in [-0.15, -0.1) is 0 Å². The van der Waals surface area contributed by atoms with Crippen molar-refractivity contribution >= 4 is 27.5 Å². The third kappa shape index (κ3) is 5.76. The molecular weight excluding hydrogens is 380 g/mol. The maximum absolute atomic E-state index is 12.5. The standard InChI is InChI=1S/C19H30N4O4S/c1-14(2)20-18(24)13-22(4)15(3)19(25)21-16-7-9-17(10-8-16)28(26,27)23-11-5-6-12-23/h7-10,14-15H,5-6,11-13H2,1-4H3,(H,20,24)(H,21,25)/p+1/t15-/m1/s1. The van der Waals surface area contributed by atoms with Crippen molar-refractivity contribution in [3.63, 3.8) is 0 Å². The first-order valence-corrected chi connectivity index (χ1v) is 11.1. The summed E-state index contributed by atoms with van der Waals surface area (Å²) >= 11 is 0. The number of hydrogen-bond acceptors (Lipinski definition) is 4. The minimum absolute atomic E-state index is 0.0554. The van der Waals surface area contributed by atoms with Crippen LogP contribution in [0.2, 0.25) is 0 Å². The second kappa shape index (κ2) is 9.49. The second-order valence-corrected chi connectivity index (χ2v) is 9.53. The number of sulfonamides is 1. The van der Waals surface area contributed by atoms with Crippen LogP contribution >= 0.6 is 0 Å². The van der Waals surface area contributed by atoms with E-state index in [0.717, 1.165) is 17.7 Å². The fraction of sp³-hybridized carbons (Fsp3) is 0.579. The average Bonchev–Trinajstić information content (AvgIpc) is 3.16. The van der Waals surface area contributed by atoms with Crippen molar-refractivity contribution in [3.05, 3.63) is 24.3 Å². The average molecular weight is 412 g/mol. The third-order valence-corrected chi connectivity index (χ3v) is 6.76. The Morgan fingerprint density at radius 3 is 2.21 bits per heavy atom. The van der Waals surface area contributed by atoms with Crippen molar-refractivity contribution in [2.45, 2.75) is 50.6 Å². The van der Waals surface area contributed by atoms with Crippen molar-refractivity contribution < 1.29 is 22.9 Å². The lowest BCUT2D eigenvalue weighted by Gasteiger charge is -2.21. The zero-order valence-electron chi connectivity index (χ0n) is 17.0. The van der Waals surface area contributed by atoms with Crippen LogP contribution in [0.3, 0.4) is 0 Å². The molecule has 1 heterocycles. The van der Waals surface area contributed by atoms with Crippen molar-refractivity contribution in [3.8, 4) is 0 Å².